The minimum Gasteiger partial charge on any atom is -0.391 e. The molecule has 2 unspecified atom stereocenters. The molecule has 0 saturated carbocycles. The van der Waals surface area contributed by atoms with E-state index in [4.69, 9.17) is 10.5 Å². The minimum absolute atomic E-state index is 0.0609. The molecule has 1 aromatic heterocycles. The Balaban J connectivity index is 1.72. The lowest BCUT2D eigenvalue weighted by molar-refractivity contribution is -0.136. The molecular weight excluding hydrogens is 382 g/mol. The van der Waals surface area contributed by atoms with Crippen LogP contribution in [-0.4, -0.2) is 63.3 Å². The lowest BCUT2D eigenvalue weighted by Gasteiger charge is -2.41. The molecule has 162 valence electrons. The quantitative estimate of drug-likeness (QED) is 0.813. The maximum Gasteiger partial charge on any atom is 0.416 e. The van der Waals surface area contributed by atoms with E-state index in [2.05, 4.69) is 5.10 Å². The van der Waals surface area contributed by atoms with E-state index in [1.807, 2.05) is 58.0 Å². The summed E-state index contributed by atoms with van der Waals surface area (Å²) in [5, 5.41) is 4.44. The number of ether oxygens (including phenoxy) is 1. The highest BCUT2D eigenvalue weighted by atomic mass is 16.6. The van der Waals surface area contributed by atoms with Crippen molar-refractivity contribution in [1.29, 1.82) is 0 Å². The average molecular weight is 414 g/mol. The number of benzene rings is 1. The summed E-state index contributed by atoms with van der Waals surface area (Å²) in [7, 11) is 0. The fourth-order valence-electron chi connectivity index (χ4n) is 3.59. The molecule has 3 rings (SSSR count). The van der Waals surface area contributed by atoms with Crippen LogP contribution in [0.5, 0.6) is 5.88 Å². The predicted molar refractivity (Wildman–Crippen MR) is 115 cm³/mol. The Labute approximate surface area is 177 Å². The Morgan fingerprint density at radius 2 is 1.93 bits per heavy atom. The third-order valence-corrected chi connectivity index (χ3v) is 5.50. The molecule has 0 radical (unpaired) electrons. The van der Waals surface area contributed by atoms with Gasteiger partial charge < -0.3 is 20.3 Å². The number of carbonyl (C=O) groups excluding carboxylic acids is 2. The third-order valence-electron chi connectivity index (χ3n) is 5.50. The molecular formula is C22H31N5O3. The van der Waals surface area contributed by atoms with Crippen molar-refractivity contribution in [2.24, 2.45) is 11.7 Å². The van der Waals surface area contributed by atoms with Gasteiger partial charge in [-0.25, -0.2) is 9.48 Å². The standard InChI is InChI=1S/C22H31N5O3/c1-5-17-14-25(21(28)20(23)15(2)3)11-12-26(17)22(29)30-19-13-16(4)24-27(19)18-9-7-6-8-10-18/h6-10,13,15,17,20H,5,11-12,14,23H2,1-4H3. The first-order valence-electron chi connectivity index (χ1n) is 10.5. The van der Waals surface area contributed by atoms with E-state index in [1.165, 1.54) is 0 Å². The Bertz CT molecular complexity index is 880. The summed E-state index contributed by atoms with van der Waals surface area (Å²) in [6, 6.07) is 10.6. The van der Waals surface area contributed by atoms with Crippen LogP contribution in [0.2, 0.25) is 0 Å². The first-order valence-corrected chi connectivity index (χ1v) is 10.5. The molecule has 0 aliphatic carbocycles. The summed E-state index contributed by atoms with van der Waals surface area (Å²) in [5.74, 6) is 0.384. The van der Waals surface area contributed by atoms with Gasteiger partial charge in [-0.1, -0.05) is 39.0 Å². The van der Waals surface area contributed by atoms with Gasteiger partial charge in [-0.15, -0.1) is 0 Å². The van der Waals surface area contributed by atoms with Gasteiger partial charge in [0, 0.05) is 25.7 Å². The number of amides is 2. The van der Waals surface area contributed by atoms with Crippen LogP contribution in [0.4, 0.5) is 4.79 Å². The Morgan fingerprint density at radius 3 is 2.57 bits per heavy atom. The molecule has 2 aromatic rings. The van der Waals surface area contributed by atoms with Gasteiger partial charge in [0.1, 0.15) is 0 Å². The van der Waals surface area contributed by atoms with Gasteiger partial charge in [0.15, 0.2) is 0 Å². The Morgan fingerprint density at radius 1 is 1.23 bits per heavy atom. The zero-order chi connectivity index (χ0) is 21.8. The van der Waals surface area contributed by atoms with Crippen LogP contribution in [0.15, 0.2) is 36.4 Å². The first-order chi connectivity index (χ1) is 14.3. The van der Waals surface area contributed by atoms with Crippen LogP contribution < -0.4 is 10.5 Å². The van der Waals surface area contributed by atoms with Crippen LogP contribution in [0.3, 0.4) is 0 Å². The van der Waals surface area contributed by atoms with Crippen LogP contribution in [0.25, 0.3) is 5.69 Å². The van der Waals surface area contributed by atoms with E-state index in [-0.39, 0.29) is 17.9 Å². The van der Waals surface area contributed by atoms with E-state index in [9.17, 15) is 9.59 Å². The molecule has 1 aliphatic heterocycles. The number of aromatic nitrogens is 2. The average Bonchev–Trinajstić information content (AvgIpc) is 3.12. The highest BCUT2D eigenvalue weighted by Crippen LogP contribution is 2.22. The van der Waals surface area contributed by atoms with Crippen LogP contribution in [0.1, 0.15) is 32.9 Å². The fourth-order valence-corrected chi connectivity index (χ4v) is 3.59. The lowest BCUT2D eigenvalue weighted by Crippen LogP contribution is -2.59. The molecule has 8 heteroatoms. The summed E-state index contributed by atoms with van der Waals surface area (Å²) in [4.78, 5) is 29.1. The second kappa shape index (κ2) is 9.30. The first kappa shape index (κ1) is 21.8. The zero-order valence-corrected chi connectivity index (χ0v) is 18.1. The number of carbonyl (C=O) groups is 2. The summed E-state index contributed by atoms with van der Waals surface area (Å²) >= 11 is 0. The number of nitrogens with two attached hydrogens (primary N) is 1. The SMILES string of the molecule is CCC1CN(C(=O)C(N)C(C)C)CCN1C(=O)Oc1cc(C)nn1-c1ccccc1. The second-order valence-electron chi connectivity index (χ2n) is 8.05. The summed E-state index contributed by atoms with van der Waals surface area (Å²) in [6.07, 6.45) is 0.284. The summed E-state index contributed by atoms with van der Waals surface area (Å²) in [6.45, 7) is 9.04. The number of hydrogen-bond acceptors (Lipinski definition) is 5. The predicted octanol–water partition coefficient (Wildman–Crippen LogP) is 2.59. The van der Waals surface area contributed by atoms with Crippen molar-refractivity contribution in [1.82, 2.24) is 19.6 Å². The van der Waals surface area contributed by atoms with Crippen LogP contribution >= 0.6 is 0 Å². The maximum atomic E-state index is 13.0. The highest BCUT2D eigenvalue weighted by Gasteiger charge is 2.35. The molecule has 1 fully saturated rings. The minimum atomic E-state index is -0.524. The number of rotatable bonds is 5. The smallest absolute Gasteiger partial charge is 0.391 e. The number of nitrogens with zero attached hydrogens (tertiary/aromatic N) is 4. The van der Waals surface area contributed by atoms with E-state index in [0.717, 1.165) is 11.4 Å². The van der Waals surface area contributed by atoms with Gasteiger partial charge in [0.2, 0.25) is 11.8 Å². The van der Waals surface area contributed by atoms with Gasteiger partial charge in [-0.2, -0.15) is 5.10 Å². The van der Waals surface area contributed by atoms with E-state index in [1.54, 1.807) is 20.5 Å². The van der Waals surface area contributed by atoms with Gasteiger partial charge in [-0.3, -0.25) is 4.79 Å². The molecule has 2 N–H and O–H groups in total. The summed E-state index contributed by atoms with van der Waals surface area (Å²) < 4.78 is 7.35. The van der Waals surface area contributed by atoms with Crippen molar-refractivity contribution in [3.63, 3.8) is 0 Å². The van der Waals surface area contributed by atoms with E-state index in [0.29, 0.717) is 31.9 Å². The molecule has 0 bridgehead atoms. The normalized spacial score (nSPS) is 17.9. The molecule has 1 saturated heterocycles. The Kier molecular flexibility index (Phi) is 6.77. The highest BCUT2D eigenvalue weighted by molar-refractivity contribution is 5.82. The second-order valence-corrected chi connectivity index (χ2v) is 8.05. The van der Waals surface area contributed by atoms with Crippen molar-refractivity contribution in [2.75, 3.05) is 19.6 Å². The molecule has 30 heavy (non-hydrogen) atoms. The van der Waals surface area contributed by atoms with Crippen molar-refractivity contribution in [2.45, 2.75) is 46.2 Å². The molecule has 0 spiro atoms. The Hall–Kier alpha value is -2.87. The maximum absolute atomic E-state index is 13.0. The molecule has 8 nitrogen and oxygen atoms in total. The van der Waals surface area contributed by atoms with Crippen molar-refractivity contribution < 1.29 is 14.3 Å². The largest absolute Gasteiger partial charge is 0.416 e. The number of hydrogen-bond donors (Lipinski definition) is 1. The monoisotopic (exact) mass is 413 g/mol. The van der Waals surface area contributed by atoms with Crippen molar-refractivity contribution in [3.8, 4) is 11.6 Å². The molecule has 2 amide bonds. The number of piperazine rings is 1. The number of aryl methyl sites for hydroxylation is 1. The van der Waals surface area contributed by atoms with Crippen LogP contribution in [-0.2, 0) is 4.79 Å². The molecule has 2 atom stereocenters. The molecule has 1 aliphatic rings. The lowest BCUT2D eigenvalue weighted by atomic mass is 10.0. The molecule has 1 aromatic carbocycles. The zero-order valence-electron chi connectivity index (χ0n) is 18.1. The van der Waals surface area contributed by atoms with E-state index >= 15 is 0 Å². The van der Waals surface area contributed by atoms with Crippen LogP contribution in [0, 0.1) is 12.8 Å². The summed E-state index contributed by atoms with van der Waals surface area (Å²) in [5.41, 5.74) is 7.62. The number of para-hydroxylation sites is 1. The topological polar surface area (TPSA) is 93.7 Å². The fraction of sp³-hybridized carbons (Fsp3) is 0.500. The third kappa shape index (κ3) is 4.64. The van der Waals surface area contributed by atoms with Crippen molar-refractivity contribution >= 4 is 12.0 Å². The van der Waals surface area contributed by atoms with Gasteiger partial charge in [0.05, 0.1) is 23.5 Å². The van der Waals surface area contributed by atoms with Gasteiger partial charge in [-0.05, 0) is 31.4 Å². The van der Waals surface area contributed by atoms with Gasteiger partial charge >= 0.3 is 6.09 Å². The van der Waals surface area contributed by atoms with E-state index < -0.39 is 12.1 Å². The molecule has 2 heterocycles. The van der Waals surface area contributed by atoms with Crippen molar-refractivity contribution in [3.05, 3.63) is 42.1 Å². The van der Waals surface area contributed by atoms with Gasteiger partial charge in [0.25, 0.3) is 0 Å².